The summed E-state index contributed by atoms with van der Waals surface area (Å²) in [6.07, 6.45) is 2.13. The van der Waals surface area contributed by atoms with E-state index in [1.165, 1.54) is 0 Å². The Hall–Kier alpha value is -1.45. The van der Waals surface area contributed by atoms with Crippen molar-refractivity contribution in [2.24, 2.45) is 29.6 Å². The largest absolute Gasteiger partial charge is 0.512 e. The SMILES string of the molecule is CO[C@@H]1[C@@H](OC2OC(C)C(C)C(N(C)C)C2C)[C@@H](C)C[C@@H](C)C(O)/C=C/C(C)=C(\O)C[C@@H](C)OC(=O)C[C@H]1C. The molecule has 8 heteroatoms. The van der Waals surface area contributed by atoms with Gasteiger partial charge in [-0.2, -0.15) is 0 Å². The highest BCUT2D eigenvalue weighted by atomic mass is 16.7. The van der Waals surface area contributed by atoms with Crippen molar-refractivity contribution in [1.82, 2.24) is 4.90 Å². The fourth-order valence-corrected chi connectivity index (χ4v) is 6.37. The Bertz CT molecular complexity index is 843. The Balaban J connectivity index is 2.43. The summed E-state index contributed by atoms with van der Waals surface area (Å²) >= 11 is 0. The van der Waals surface area contributed by atoms with Crippen LogP contribution in [0.4, 0.5) is 0 Å². The Labute approximate surface area is 236 Å². The molecule has 0 radical (unpaired) electrons. The van der Waals surface area contributed by atoms with E-state index in [0.29, 0.717) is 17.9 Å². The number of allylic oxidation sites excluding steroid dienone is 2. The van der Waals surface area contributed by atoms with Crippen molar-refractivity contribution in [2.75, 3.05) is 21.2 Å². The molecule has 0 aromatic rings. The maximum Gasteiger partial charge on any atom is 0.306 e. The minimum Gasteiger partial charge on any atom is -0.512 e. The molecule has 2 N–H and O–H groups in total. The summed E-state index contributed by atoms with van der Waals surface area (Å²) < 4.78 is 24.9. The minimum atomic E-state index is -0.693. The van der Waals surface area contributed by atoms with Gasteiger partial charge in [-0.3, -0.25) is 4.79 Å². The van der Waals surface area contributed by atoms with E-state index >= 15 is 0 Å². The number of ether oxygens (including phenoxy) is 4. The third kappa shape index (κ3) is 9.02. The topological polar surface area (TPSA) is 97.7 Å². The number of carbonyl (C=O) groups is 1. The molecule has 2 aliphatic rings. The van der Waals surface area contributed by atoms with Crippen LogP contribution in [0.2, 0.25) is 0 Å². The first-order valence-electron chi connectivity index (χ1n) is 14.6. The third-order valence-corrected chi connectivity index (χ3v) is 8.83. The minimum absolute atomic E-state index is 0.00777. The molecule has 8 nitrogen and oxygen atoms in total. The van der Waals surface area contributed by atoms with Gasteiger partial charge in [-0.05, 0) is 70.5 Å². The number of cyclic esters (lactones) is 1. The van der Waals surface area contributed by atoms with Crippen LogP contribution in [0, 0.1) is 29.6 Å². The van der Waals surface area contributed by atoms with Gasteiger partial charge in [-0.25, -0.2) is 0 Å². The van der Waals surface area contributed by atoms with Crippen molar-refractivity contribution in [3.8, 4) is 0 Å². The number of aliphatic hydroxyl groups excluding tert-OH is 2. The highest BCUT2D eigenvalue weighted by Gasteiger charge is 2.44. The molecule has 2 aliphatic heterocycles. The average molecular weight is 554 g/mol. The number of rotatable bonds is 4. The van der Waals surface area contributed by atoms with E-state index in [0.717, 1.165) is 0 Å². The maximum atomic E-state index is 12.9. The number of esters is 1. The fraction of sp³-hybridized carbons (Fsp3) is 0.839. The van der Waals surface area contributed by atoms with Crippen LogP contribution in [-0.4, -0.2) is 85.1 Å². The molecule has 1 fully saturated rings. The van der Waals surface area contributed by atoms with Crippen LogP contribution in [0.15, 0.2) is 23.5 Å². The molecule has 0 amide bonds. The smallest absolute Gasteiger partial charge is 0.306 e. The lowest BCUT2D eigenvalue weighted by Crippen LogP contribution is -2.56. The zero-order valence-electron chi connectivity index (χ0n) is 26.1. The molecule has 39 heavy (non-hydrogen) atoms. The molecule has 0 spiro atoms. The number of methoxy groups -OCH3 is 1. The summed E-state index contributed by atoms with van der Waals surface area (Å²) in [6, 6.07) is 0.286. The Kier molecular flexibility index (Phi) is 13.0. The normalized spacial score (nSPS) is 44.7. The van der Waals surface area contributed by atoms with Gasteiger partial charge in [0.1, 0.15) is 6.10 Å². The van der Waals surface area contributed by atoms with Crippen LogP contribution < -0.4 is 0 Å². The molecule has 12 atom stereocenters. The Morgan fingerprint density at radius 3 is 2.18 bits per heavy atom. The van der Waals surface area contributed by atoms with Crippen LogP contribution in [0.25, 0.3) is 0 Å². The lowest BCUT2D eigenvalue weighted by molar-refractivity contribution is -0.282. The molecule has 0 aliphatic carbocycles. The van der Waals surface area contributed by atoms with Crippen LogP contribution in [0.5, 0.6) is 0 Å². The van der Waals surface area contributed by atoms with Crippen LogP contribution >= 0.6 is 0 Å². The van der Waals surface area contributed by atoms with Gasteiger partial charge in [0, 0.05) is 25.5 Å². The molecule has 226 valence electrons. The molecule has 2 rings (SSSR count). The van der Waals surface area contributed by atoms with Crippen molar-refractivity contribution in [2.45, 2.75) is 118 Å². The highest BCUT2D eigenvalue weighted by molar-refractivity contribution is 5.70. The second-order valence-corrected chi connectivity index (χ2v) is 12.5. The first-order chi connectivity index (χ1) is 18.2. The van der Waals surface area contributed by atoms with Gasteiger partial charge in [0.2, 0.25) is 0 Å². The van der Waals surface area contributed by atoms with Crippen molar-refractivity contribution < 1.29 is 34.0 Å². The maximum absolute atomic E-state index is 12.9. The number of carbonyl (C=O) groups excluding carboxylic acids is 1. The van der Waals surface area contributed by atoms with E-state index in [2.05, 4.69) is 46.7 Å². The van der Waals surface area contributed by atoms with E-state index in [4.69, 9.17) is 18.9 Å². The van der Waals surface area contributed by atoms with Crippen molar-refractivity contribution in [1.29, 1.82) is 0 Å². The van der Waals surface area contributed by atoms with Gasteiger partial charge in [-0.1, -0.05) is 46.8 Å². The standard InChI is InChI=1S/C31H55NO7/c1-17-12-13-25(33)18(2)14-19(3)30(39-31-23(7)28(32(9)10)22(6)24(8)38-31)29(36-11)20(4)15-27(35)37-21(5)16-26(17)34/h12-13,18-25,28-31,33-34H,14-16H2,1-11H3/b13-12+,26-17-/t18-,19+,20-,21-,22?,23?,24?,25?,28?,29+,30+,31?/m1/s1. The van der Waals surface area contributed by atoms with E-state index in [1.807, 2.05) is 13.8 Å². The van der Waals surface area contributed by atoms with E-state index in [-0.39, 0.29) is 66.5 Å². The highest BCUT2D eigenvalue weighted by Crippen LogP contribution is 2.37. The van der Waals surface area contributed by atoms with Gasteiger partial charge in [0.15, 0.2) is 6.29 Å². The van der Waals surface area contributed by atoms with E-state index in [9.17, 15) is 15.0 Å². The van der Waals surface area contributed by atoms with E-state index in [1.54, 1.807) is 33.1 Å². The number of hydrogen-bond donors (Lipinski definition) is 2. The van der Waals surface area contributed by atoms with Gasteiger partial charge < -0.3 is 34.1 Å². The summed E-state index contributed by atoms with van der Waals surface area (Å²) in [7, 11) is 5.85. The molecule has 0 saturated carbocycles. The third-order valence-electron chi connectivity index (χ3n) is 8.83. The summed E-state index contributed by atoms with van der Waals surface area (Å²) in [5.74, 6) is -0.00228. The molecule has 1 saturated heterocycles. The van der Waals surface area contributed by atoms with Gasteiger partial charge in [0.25, 0.3) is 0 Å². The lowest BCUT2D eigenvalue weighted by Gasteiger charge is -2.48. The molecular formula is C31H55NO7. The first kappa shape index (κ1) is 33.8. The second kappa shape index (κ2) is 15.0. The summed E-state index contributed by atoms with van der Waals surface area (Å²) in [4.78, 5) is 15.1. The van der Waals surface area contributed by atoms with E-state index < -0.39 is 24.6 Å². The second-order valence-electron chi connectivity index (χ2n) is 12.5. The quantitative estimate of drug-likeness (QED) is 0.464. The van der Waals surface area contributed by atoms with Crippen LogP contribution in [0.1, 0.15) is 74.7 Å². The summed E-state index contributed by atoms with van der Waals surface area (Å²) in [5, 5.41) is 21.4. The van der Waals surface area contributed by atoms with Gasteiger partial charge in [0.05, 0.1) is 36.6 Å². The number of hydrogen-bond acceptors (Lipinski definition) is 8. The van der Waals surface area contributed by atoms with Crippen molar-refractivity contribution >= 4 is 5.97 Å². The first-order valence-corrected chi connectivity index (χ1v) is 14.6. The molecule has 0 bridgehead atoms. The molecule has 2 heterocycles. The van der Waals surface area contributed by atoms with Crippen molar-refractivity contribution in [3.63, 3.8) is 0 Å². The zero-order chi connectivity index (χ0) is 29.6. The number of aliphatic hydroxyl groups is 2. The van der Waals surface area contributed by atoms with Gasteiger partial charge >= 0.3 is 5.97 Å². The fourth-order valence-electron chi connectivity index (χ4n) is 6.37. The van der Waals surface area contributed by atoms with Crippen LogP contribution in [0.3, 0.4) is 0 Å². The van der Waals surface area contributed by atoms with Crippen molar-refractivity contribution in [3.05, 3.63) is 23.5 Å². The average Bonchev–Trinajstić information content (AvgIpc) is 2.83. The molecule has 0 aromatic heterocycles. The Morgan fingerprint density at radius 2 is 1.59 bits per heavy atom. The predicted octanol–water partition coefficient (Wildman–Crippen LogP) is 5.11. The lowest BCUT2D eigenvalue weighted by atomic mass is 9.81. The summed E-state index contributed by atoms with van der Waals surface area (Å²) in [6.45, 7) is 16.1. The predicted molar refractivity (Wildman–Crippen MR) is 153 cm³/mol. The Morgan fingerprint density at radius 1 is 0.949 bits per heavy atom. The number of nitrogens with zero attached hydrogens (tertiary/aromatic N) is 1. The summed E-state index contributed by atoms with van der Waals surface area (Å²) in [5.41, 5.74) is 0.639. The van der Waals surface area contributed by atoms with Gasteiger partial charge in [-0.15, -0.1) is 0 Å². The molecular weight excluding hydrogens is 498 g/mol. The molecule has 0 aromatic carbocycles. The van der Waals surface area contributed by atoms with Crippen LogP contribution in [-0.2, 0) is 23.7 Å². The zero-order valence-corrected chi connectivity index (χ0v) is 26.1. The monoisotopic (exact) mass is 553 g/mol. The molecule has 6 unspecified atom stereocenters.